The molecule has 0 fully saturated rings. The lowest BCUT2D eigenvalue weighted by Gasteiger charge is -2.04. The van der Waals surface area contributed by atoms with Crippen LogP contribution in [0.1, 0.15) is 39.2 Å². The first-order chi connectivity index (χ1) is 6.11. The van der Waals surface area contributed by atoms with Gasteiger partial charge in [0.15, 0.2) is 0 Å². The summed E-state index contributed by atoms with van der Waals surface area (Å²) in [5.41, 5.74) is 0.979. The van der Waals surface area contributed by atoms with Crippen LogP contribution in [0.2, 0.25) is 5.02 Å². The van der Waals surface area contributed by atoms with Crippen LogP contribution in [-0.2, 0) is 0 Å². The van der Waals surface area contributed by atoms with Crippen LogP contribution in [0.3, 0.4) is 0 Å². The Kier molecular flexibility index (Phi) is 5.72. The highest BCUT2D eigenvalue weighted by atomic mass is 35.5. The van der Waals surface area contributed by atoms with Crippen molar-refractivity contribution in [1.29, 1.82) is 0 Å². The standard InChI is InChI=1S/C9H10ClF.C2H6/c1-6(2)7-3-4-8(10)9(11)5-7;1-2/h3-6H,1-2H3;1-2H3. The molecule has 13 heavy (non-hydrogen) atoms. The van der Waals surface area contributed by atoms with Crippen LogP contribution in [0.25, 0.3) is 0 Å². The van der Waals surface area contributed by atoms with E-state index in [1.165, 1.54) is 6.07 Å². The maximum absolute atomic E-state index is 12.8. The fourth-order valence-corrected chi connectivity index (χ4v) is 0.989. The minimum Gasteiger partial charge on any atom is -0.205 e. The molecule has 1 rings (SSSR count). The molecule has 0 aliphatic heterocycles. The first kappa shape index (κ1) is 12.4. The van der Waals surface area contributed by atoms with E-state index in [0.717, 1.165) is 5.56 Å². The molecule has 2 heteroatoms. The molecule has 0 aromatic heterocycles. The third-order valence-corrected chi connectivity index (χ3v) is 1.92. The summed E-state index contributed by atoms with van der Waals surface area (Å²) in [5, 5.41) is 0.189. The van der Waals surface area contributed by atoms with Gasteiger partial charge >= 0.3 is 0 Å². The molecule has 74 valence electrons. The fourth-order valence-electron chi connectivity index (χ4n) is 0.871. The van der Waals surface area contributed by atoms with Gasteiger partial charge in [0.2, 0.25) is 0 Å². The highest BCUT2D eigenvalue weighted by molar-refractivity contribution is 6.30. The summed E-state index contributed by atoms with van der Waals surface area (Å²) in [6.45, 7) is 8.03. The zero-order valence-corrected chi connectivity index (χ0v) is 9.32. The van der Waals surface area contributed by atoms with Gasteiger partial charge in [0.25, 0.3) is 0 Å². The lowest BCUT2D eigenvalue weighted by Crippen LogP contribution is -1.88. The predicted molar refractivity (Wildman–Crippen MR) is 56.8 cm³/mol. The lowest BCUT2D eigenvalue weighted by molar-refractivity contribution is 0.624. The second-order valence-corrected chi connectivity index (χ2v) is 3.24. The Bertz CT molecular complexity index is 256. The molecule has 0 bridgehead atoms. The van der Waals surface area contributed by atoms with Crippen molar-refractivity contribution in [2.45, 2.75) is 33.6 Å². The molecule has 0 spiro atoms. The van der Waals surface area contributed by atoms with Gasteiger partial charge in [-0.05, 0) is 23.6 Å². The van der Waals surface area contributed by atoms with Crippen LogP contribution < -0.4 is 0 Å². The molecule has 0 amide bonds. The Balaban J connectivity index is 0.000000671. The maximum atomic E-state index is 12.8. The van der Waals surface area contributed by atoms with Crippen LogP contribution in [0, 0.1) is 5.82 Å². The zero-order chi connectivity index (χ0) is 10.4. The topological polar surface area (TPSA) is 0 Å². The molecule has 0 saturated heterocycles. The Morgan fingerprint density at radius 1 is 1.23 bits per heavy atom. The molecule has 1 aromatic carbocycles. The number of benzene rings is 1. The van der Waals surface area contributed by atoms with Gasteiger partial charge in [-0.1, -0.05) is 45.4 Å². The summed E-state index contributed by atoms with van der Waals surface area (Å²) in [4.78, 5) is 0. The average molecular weight is 203 g/mol. The number of halogens is 2. The average Bonchev–Trinajstić information content (AvgIpc) is 2.13. The molecule has 1 aromatic rings. The number of hydrogen-bond donors (Lipinski definition) is 0. The fraction of sp³-hybridized carbons (Fsp3) is 0.455. The molecular weight excluding hydrogens is 187 g/mol. The van der Waals surface area contributed by atoms with E-state index < -0.39 is 0 Å². The first-order valence-electron chi connectivity index (χ1n) is 4.56. The molecule has 0 N–H and O–H groups in total. The van der Waals surface area contributed by atoms with Gasteiger partial charge in [0.05, 0.1) is 5.02 Å². The smallest absolute Gasteiger partial charge is 0.142 e. The number of hydrogen-bond acceptors (Lipinski definition) is 0. The second kappa shape index (κ2) is 5.98. The molecule has 0 radical (unpaired) electrons. The summed E-state index contributed by atoms with van der Waals surface area (Å²) in [6.07, 6.45) is 0. The SMILES string of the molecule is CC.CC(C)c1ccc(Cl)c(F)c1. The van der Waals surface area contributed by atoms with Crippen molar-refractivity contribution in [3.05, 3.63) is 34.6 Å². The van der Waals surface area contributed by atoms with E-state index in [9.17, 15) is 4.39 Å². The molecule has 0 heterocycles. The monoisotopic (exact) mass is 202 g/mol. The van der Waals surface area contributed by atoms with Crippen LogP contribution >= 0.6 is 11.6 Å². The number of rotatable bonds is 1. The zero-order valence-electron chi connectivity index (χ0n) is 8.57. The van der Waals surface area contributed by atoms with Crippen LogP contribution in [0.5, 0.6) is 0 Å². The van der Waals surface area contributed by atoms with Gasteiger partial charge in [0.1, 0.15) is 5.82 Å². The Morgan fingerprint density at radius 2 is 1.77 bits per heavy atom. The molecule has 0 saturated carbocycles. The van der Waals surface area contributed by atoms with E-state index in [-0.39, 0.29) is 10.8 Å². The van der Waals surface area contributed by atoms with Gasteiger partial charge in [-0.25, -0.2) is 4.39 Å². The Morgan fingerprint density at radius 3 is 2.15 bits per heavy atom. The van der Waals surface area contributed by atoms with Gasteiger partial charge in [-0.2, -0.15) is 0 Å². The minimum atomic E-state index is -0.335. The van der Waals surface area contributed by atoms with E-state index in [0.29, 0.717) is 5.92 Å². The van der Waals surface area contributed by atoms with Gasteiger partial charge < -0.3 is 0 Å². The van der Waals surface area contributed by atoms with E-state index in [4.69, 9.17) is 11.6 Å². The van der Waals surface area contributed by atoms with E-state index >= 15 is 0 Å². The third-order valence-electron chi connectivity index (χ3n) is 1.61. The Hall–Kier alpha value is -0.560. The molecular formula is C11H16ClF. The summed E-state index contributed by atoms with van der Waals surface area (Å²) in [5.74, 6) is 0.0135. The normalized spacial score (nSPS) is 9.46. The highest BCUT2D eigenvalue weighted by Crippen LogP contribution is 2.20. The van der Waals surface area contributed by atoms with Gasteiger partial charge in [-0.3, -0.25) is 0 Å². The van der Waals surface area contributed by atoms with Crippen LogP contribution in [0.15, 0.2) is 18.2 Å². The first-order valence-corrected chi connectivity index (χ1v) is 4.94. The van der Waals surface area contributed by atoms with Crippen molar-refractivity contribution in [2.75, 3.05) is 0 Å². The quantitative estimate of drug-likeness (QED) is 0.623. The summed E-state index contributed by atoms with van der Waals surface area (Å²) in [7, 11) is 0. The van der Waals surface area contributed by atoms with Crippen molar-refractivity contribution in [3.63, 3.8) is 0 Å². The summed E-state index contributed by atoms with van der Waals surface area (Å²) in [6, 6.07) is 4.91. The molecule has 0 aliphatic carbocycles. The third kappa shape index (κ3) is 3.77. The minimum absolute atomic E-state index is 0.189. The molecule has 0 atom stereocenters. The molecule has 0 nitrogen and oxygen atoms in total. The second-order valence-electron chi connectivity index (χ2n) is 2.83. The summed E-state index contributed by atoms with van der Waals surface area (Å²) < 4.78 is 12.8. The van der Waals surface area contributed by atoms with Crippen LogP contribution in [0.4, 0.5) is 4.39 Å². The maximum Gasteiger partial charge on any atom is 0.142 e. The predicted octanol–water partition coefficient (Wildman–Crippen LogP) is 4.63. The van der Waals surface area contributed by atoms with E-state index in [1.807, 2.05) is 33.8 Å². The molecule has 0 unspecified atom stereocenters. The van der Waals surface area contributed by atoms with Crippen molar-refractivity contribution in [2.24, 2.45) is 0 Å². The summed E-state index contributed by atoms with van der Waals surface area (Å²) >= 11 is 5.51. The highest BCUT2D eigenvalue weighted by Gasteiger charge is 2.02. The van der Waals surface area contributed by atoms with Crippen molar-refractivity contribution >= 4 is 11.6 Å². The van der Waals surface area contributed by atoms with Gasteiger partial charge in [0, 0.05) is 0 Å². The van der Waals surface area contributed by atoms with Crippen LogP contribution in [-0.4, -0.2) is 0 Å². The van der Waals surface area contributed by atoms with Gasteiger partial charge in [-0.15, -0.1) is 0 Å². The lowest BCUT2D eigenvalue weighted by atomic mass is 10.0. The molecule has 0 aliphatic rings. The van der Waals surface area contributed by atoms with Crippen molar-refractivity contribution in [3.8, 4) is 0 Å². The largest absolute Gasteiger partial charge is 0.205 e. The van der Waals surface area contributed by atoms with E-state index in [1.54, 1.807) is 6.07 Å². The Labute approximate surface area is 84.7 Å². The van der Waals surface area contributed by atoms with E-state index in [2.05, 4.69) is 0 Å². The van der Waals surface area contributed by atoms with Crippen molar-refractivity contribution in [1.82, 2.24) is 0 Å². The van der Waals surface area contributed by atoms with Crippen molar-refractivity contribution < 1.29 is 4.39 Å².